The van der Waals surface area contributed by atoms with Crippen LogP contribution < -0.4 is 20.1 Å². The smallest absolute Gasteiger partial charge is 0.255 e. The van der Waals surface area contributed by atoms with Crippen molar-refractivity contribution in [3.63, 3.8) is 0 Å². The third kappa shape index (κ3) is 3.34. The Balaban J connectivity index is 1.80. The molecule has 2 heterocycles. The average Bonchev–Trinajstić information content (AvgIpc) is 3.21. The number of aromatic nitrogens is 4. The number of carbonyl (C=O) groups is 1. The highest BCUT2D eigenvalue weighted by molar-refractivity contribution is 6.06. The number of ether oxygens (including phenoxy) is 2. The van der Waals surface area contributed by atoms with E-state index in [9.17, 15) is 4.79 Å². The second-order valence-corrected chi connectivity index (χ2v) is 6.90. The summed E-state index contributed by atoms with van der Waals surface area (Å²) in [6.45, 7) is 3.78. The van der Waals surface area contributed by atoms with Crippen LogP contribution in [-0.2, 0) is 4.79 Å². The zero-order chi connectivity index (χ0) is 21.3. The van der Waals surface area contributed by atoms with Crippen LogP contribution in [0.4, 0.5) is 11.6 Å². The molecule has 1 aliphatic rings. The number of hydrogen-bond acceptors (Lipinski definition) is 7. The number of carbonyl (C=O) groups excluding carboxylic acids is 1. The van der Waals surface area contributed by atoms with Crippen LogP contribution in [0, 0.1) is 6.92 Å². The molecule has 9 heteroatoms. The van der Waals surface area contributed by atoms with Gasteiger partial charge in [-0.15, -0.1) is 0 Å². The number of rotatable bonds is 5. The van der Waals surface area contributed by atoms with E-state index in [0.29, 0.717) is 28.7 Å². The van der Waals surface area contributed by atoms with Gasteiger partial charge in [0.15, 0.2) is 11.5 Å². The Morgan fingerprint density at radius 2 is 1.87 bits per heavy atom. The standard InChI is InChI=1S/C21H22N6O3/c1-12-7-5-6-8-15(12)23-20(28)18-13(2)22-21-24-25-26-27(21)19(18)14-9-10-16(29-3)17(11-14)30-4/h5-11,19H,1-4H3,(H,23,28)(H,22,24,26). The number of nitrogens with zero attached hydrogens (tertiary/aromatic N) is 4. The van der Waals surface area contributed by atoms with E-state index in [0.717, 1.165) is 16.8 Å². The Labute approximate surface area is 173 Å². The van der Waals surface area contributed by atoms with Gasteiger partial charge in [0.05, 0.1) is 19.8 Å². The molecule has 2 N–H and O–H groups in total. The molecule has 154 valence electrons. The van der Waals surface area contributed by atoms with E-state index >= 15 is 0 Å². The number of allylic oxidation sites excluding steroid dienone is 1. The van der Waals surface area contributed by atoms with Gasteiger partial charge in [-0.1, -0.05) is 29.4 Å². The molecular weight excluding hydrogens is 384 g/mol. The lowest BCUT2D eigenvalue weighted by atomic mass is 9.94. The van der Waals surface area contributed by atoms with Crippen LogP contribution in [0.1, 0.15) is 24.1 Å². The van der Waals surface area contributed by atoms with Crippen LogP contribution >= 0.6 is 0 Å². The van der Waals surface area contributed by atoms with Crippen LogP contribution in [0.3, 0.4) is 0 Å². The lowest BCUT2D eigenvalue weighted by Gasteiger charge is -2.28. The van der Waals surface area contributed by atoms with Gasteiger partial charge < -0.3 is 20.1 Å². The van der Waals surface area contributed by atoms with Gasteiger partial charge in [-0.3, -0.25) is 4.79 Å². The predicted molar refractivity (Wildman–Crippen MR) is 112 cm³/mol. The number of amides is 1. The Morgan fingerprint density at radius 1 is 1.10 bits per heavy atom. The lowest BCUT2D eigenvalue weighted by Crippen LogP contribution is -2.31. The van der Waals surface area contributed by atoms with Crippen molar-refractivity contribution in [3.8, 4) is 11.5 Å². The van der Waals surface area contributed by atoms with E-state index in [-0.39, 0.29) is 5.91 Å². The molecule has 0 saturated heterocycles. The fraction of sp³-hybridized carbons (Fsp3) is 0.238. The molecule has 0 saturated carbocycles. The summed E-state index contributed by atoms with van der Waals surface area (Å²) in [5.41, 5.74) is 3.68. The molecule has 0 radical (unpaired) electrons. The maximum atomic E-state index is 13.4. The summed E-state index contributed by atoms with van der Waals surface area (Å²) >= 11 is 0. The highest BCUT2D eigenvalue weighted by atomic mass is 16.5. The number of para-hydroxylation sites is 1. The van der Waals surface area contributed by atoms with Gasteiger partial charge in [0.2, 0.25) is 5.95 Å². The maximum absolute atomic E-state index is 13.4. The first kappa shape index (κ1) is 19.4. The van der Waals surface area contributed by atoms with Crippen LogP contribution in [0.15, 0.2) is 53.7 Å². The molecule has 0 bridgehead atoms. The zero-order valence-corrected chi connectivity index (χ0v) is 17.1. The fourth-order valence-electron chi connectivity index (χ4n) is 3.54. The molecule has 2 aromatic carbocycles. The van der Waals surface area contributed by atoms with E-state index < -0.39 is 6.04 Å². The van der Waals surface area contributed by atoms with E-state index in [1.165, 1.54) is 0 Å². The summed E-state index contributed by atoms with van der Waals surface area (Å²) in [6, 6.07) is 12.6. The molecule has 0 fully saturated rings. The lowest BCUT2D eigenvalue weighted by molar-refractivity contribution is -0.113. The van der Waals surface area contributed by atoms with Gasteiger partial charge in [-0.25, -0.2) is 0 Å². The highest BCUT2D eigenvalue weighted by Gasteiger charge is 2.34. The minimum atomic E-state index is -0.542. The number of benzene rings is 2. The van der Waals surface area contributed by atoms with Crippen LogP contribution in [0.2, 0.25) is 0 Å². The van der Waals surface area contributed by atoms with Gasteiger partial charge in [0.1, 0.15) is 6.04 Å². The third-order valence-electron chi connectivity index (χ3n) is 5.08. The van der Waals surface area contributed by atoms with Crippen LogP contribution in [-0.4, -0.2) is 40.3 Å². The predicted octanol–water partition coefficient (Wildman–Crippen LogP) is 2.93. The molecule has 0 spiro atoms. The number of fused-ring (bicyclic) bond motifs is 1. The highest BCUT2D eigenvalue weighted by Crippen LogP contribution is 2.38. The van der Waals surface area contributed by atoms with Gasteiger partial charge >= 0.3 is 0 Å². The van der Waals surface area contributed by atoms with E-state index in [1.54, 1.807) is 25.0 Å². The molecule has 1 atom stereocenters. The van der Waals surface area contributed by atoms with Crippen molar-refractivity contribution in [1.82, 2.24) is 20.2 Å². The monoisotopic (exact) mass is 406 g/mol. The zero-order valence-electron chi connectivity index (χ0n) is 17.1. The Morgan fingerprint density at radius 3 is 2.60 bits per heavy atom. The minimum absolute atomic E-state index is 0.241. The fourth-order valence-corrected chi connectivity index (χ4v) is 3.54. The first-order valence-corrected chi connectivity index (χ1v) is 9.38. The molecular formula is C21H22N6O3. The molecule has 4 rings (SSSR count). The molecule has 1 unspecified atom stereocenters. The van der Waals surface area contributed by atoms with Gasteiger partial charge in [-0.2, -0.15) is 4.68 Å². The summed E-state index contributed by atoms with van der Waals surface area (Å²) in [5, 5.41) is 18.0. The van der Waals surface area contributed by atoms with Crippen molar-refractivity contribution < 1.29 is 14.3 Å². The van der Waals surface area contributed by atoms with Crippen molar-refractivity contribution in [2.75, 3.05) is 24.9 Å². The number of methoxy groups -OCH3 is 2. The molecule has 9 nitrogen and oxygen atoms in total. The first-order valence-electron chi connectivity index (χ1n) is 9.38. The maximum Gasteiger partial charge on any atom is 0.255 e. The summed E-state index contributed by atoms with van der Waals surface area (Å²) in [5.74, 6) is 1.37. The Kier molecular flexibility index (Phi) is 5.09. The van der Waals surface area contributed by atoms with E-state index in [2.05, 4.69) is 26.2 Å². The largest absolute Gasteiger partial charge is 0.493 e. The number of aryl methyl sites for hydroxylation is 1. The topological polar surface area (TPSA) is 103 Å². The quantitative estimate of drug-likeness (QED) is 0.671. The average molecular weight is 406 g/mol. The normalized spacial score (nSPS) is 15.3. The van der Waals surface area contributed by atoms with Crippen molar-refractivity contribution in [2.45, 2.75) is 19.9 Å². The summed E-state index contributed by atoms with van der Waals surface area (Å²) < 4.78 is 12.4. The third-order valence-corrected chi connectivity index (χ3v) is 5.08. The SMILES string of the molecule is COc1ccc(C2C(C(=O)Nc3ccccc3C)=C(C)Nc3nnnn32)cc1OC. The summed E-state index contributed by atoms with van der Waals surface area (Å²) in [6.07, 6.45) is 0. The minimum Gasteiger partial charge on any atom is -0.493 e. The van der Waals surface area contributed by atoms with Gasteiger partial charge in [-0.05, 0) is 53.6 Å². The van der Waals surface area contributed by atoms with Crippen molar-refractivity contribution >= 4 is 17.5 Å². The molecule has 1 amide bonds. The summed E-state index contributed by atoms with van der Waals surface area (Å²) in [7, 11) is 3.14. The van der Waals surface area contributed by atoms with Crippen molar-refractivity contribution in [1.29, 1.82) is 0 Å². The van der Waals surface area contributed by atoms with Crippen LogP contribution in [0.5, 0.6) is 11.5 Å². The molecule has 1 aromatic heterocycles. The number of tetrazole rings is 1. The second kappa shape index (κ2) is 7.86. The number of nitrogens with one attached hydrogen (secondary N) is 2. The molecule has 1 aliphatic heterocycles. The van der Waals surface area contributed by atoms with E-state index in [4.69, 9.17) is 9.47 Å². The Bertz CT molecular complexity index is 1140. The molecule has 3 aromatic rings. The van der Waals surface area contributed by atoms with Crippen molar-refractivity contribution in [3.05, 3.63) is 64.9 Å². The molecule has 0 aliphatic carbocycles. The first-order chi connectivity index (χ1) is 14.5. The van der Waals surface area contributed by atoms with Crippen LogP contribution in [0.25, 0.3) is 0 Å². The van der Waals surface area contributed by atoms with Gasteiger partial charge in [0.25, 0.3) is 5.91 Å². The molecule has 30 heavy (non-hydrogen) atoms. The summed E-state index contributed by atoms with van der Waals surface area (Å²) in [4.78, 5) is 13.4. The number of hydrogen-bond donors (Lipinski definition) is 2. The van der Waals surface area contributed by atoms with E-state index in [1.807, 2.05) is 50.2 Å². The Hall–Kier alpha value is -3.88. The van der Waals surface area contributed by atoms with Gasteiger partial charge in [0, 0.05) is 11.4 Å². The number of anilines is 2. The van der Waals surface area contributed by atoms with Crippen molar-refractivity contribution in [2.24, 2.45) is 0 Å². The second-order valence-electron chi connectivity index (χ2n) is 6.90.